The summed E-state index contributed by atoms with van der Waals surface area (Å²) in [6.45, 7) is 5.07. The van der Waals surface area contributed by atoms with Crippen molar-refractivity contribution < 1.29 is 4.79 Å². The Balaban J connectivity index is 2.20. The van der Waals surface area contributed by atoms with E-state index in [2.05, 4.69) is 15.3 Å². The van der Waals surface area contributed by atoms with Crippen molar-refractivity contribution in [2.24, 2.45) is 7.05 Å². The third-order valence-electron chi connectivity index (χ3n) is 3.94. The smallest absolute Gasteiger partial charge is 0.240 e. The summed E-state index contributed by atoms with van der Waals surface area (Å²) in [6, 6.07) is -0.148. The van der Waals surface area contributed by atoms with Gasteiger partial charge in [0.1, 0.15) is 6.04 Å². The van der Waals surface area contributed by atoms with Crippen LogP contribution in [0.4, 0.5) is 0 Å². The molecule has 1 fully saturated rings. The molecule has 7 heteroatoms. The minimum atomic E-state index is -0.148. The Labute approximate surface area is 131 Å². The number of carbonyl (C=O) groups is 1. The maximum absolute atomic E-state index is 12.3. The molecule has 1 aromatic heterocycles. The number of likely N-dealkylation sites (N-methyl/N-ethyl adjacent to an activating group) is 1. The molecule has 0 bridgehead atoms. The SMILES string of the molecule is CCc1nn(C)c(CN2CCNCC2C(=O)N(C)C)c1Cl. The summed E-state index contributed by atoms with van der Waals surface area (Å²) < 4.78 is 1.83. The molecule has 1 saturated heterocycles. The highest BCUT2D eigenvalue weighted by Crippen LogP contribution is 2.23. The molecular weight excluding hydrogens is 290 g/mol. The third-order valence-corrected chi connectivity index (χ3v) is 4.37. The first-order valence-corrected chi connectivity index (χ1v) is 7.69. The number of halogens is 1. The molecule has 0 saturated carbocycles. The van der Waals surface area contributed by atoms with E-state index < -0.39 is 0 Å². The summed E-state index contributed by atoms with van der Waals surface area (Å²) >= 11 is 6.42. The molecule has 21 heavy (non-hydrogen) atoms. The van der Waals surface area contributed by atoms with Crippen LogP contribution in [0.1, 0.15) is 18.3 Å². The fourth-order valence-electron chi connectivity index (χ4n) is 2.66. The lowest BCUT2D eigenvalue weighted by Gasteiger charge is -2.36. The summed E-state index contributed by atoms with van der Waals surface area (Å²) in [5.74, 6) is 0.121. The van der Waals surface area contributed by atoms with Crippen LogP contribution >= 0.6 is 11.6 Å². The second-order valence-electron chi connectivity index (χ2n) is 5.61. The third kappa shape index (κ3) is 3.39. The van der Waals surface area contributed by atoms with Crippen LogP contribution in [0.25, 0.3) is 0 Å². The highest BCUT2D eigenvalue weighted by Gasteiger charge is 2.31. The molecule has 2 rings (SSSR count). The molecular formula is C14H24ClN5O. The second kappa shape index (κ2) is 6.77. The minimum absolute atomic E-state index is 0.121. The zero-order chi connectivity index (χ0) is 15.6. The zero-order valence-electron chi connectivity index (χ0n) is 13.2. The number of hydrogen-bond acceptors (Lipinski definition) is 4. The number of aromatic nitrogens is 2. The lowest BCUT2D eigenvalue weighted by atomic mass is 10.1. The van der Waals surface area contributed by atoms with Gasteiger partial charge in [-0.25, -0.2) is 0 Å². The van der Waals surface area contributed by atoms with Crippen molar-refractivity contribution in [2.75, 3.05) is 33.7 Å². The van der Waals surface area contributed by atoms with Crippen LogP contribution in [0.15, 0.2) is 0 Å². The van der Waals surface area contributed by atoms with Crippen LogP contribution in [0.3, 0.4) is 0 Å². The van der Waals surface area contributed by atoms with E-state index in [1.54, 1.807) is 19.0 Å². The Kier molecular flexibility index (Phi) is 5.24. The van der Waals surface area contributed by atoms with E-state index in [9.17, 15) is 4.79 Å². The molecule has 0 spiro atoms. The average molecular weight is 314 g/mol. The molecule has 1 unspecified atom stereocenters. The Hall–Kier alpha value is -1.11. The van der Waals surface area contributed by atoms with Gasteiger partial charge in [0.15, 0.2) is 0 Å². The Morgan fingerprint density at radius 2 is 2.24 bits per heavy atom. The molecule has 0 radical (unpaired) electrons. The van der Waals surface area contributed by atoms with Crippen LogP contribution < -0.4 is 5.32 Å². The first kappa shape index (κ1) is 16.3. The highest BCUT2D eigenvalue weighted by molar-refractivity contribution is 6.31. The van der Waals surface area contributed by atoms with E-state index in [0.717, 1.165) is 35.9 Å². The first-order chi connectivity index (χ1) is 9.95. The van der Waals surface area contributed by atoms with Gasteiger partial charge >= 0.3 is 0 Å². The second-order valence-corrected chi connectivity index (χ2v) is 5.99. The summed E-state index contributed by atoms with van der Waals surface area (Å²) in [4.78, 5) is 16.1. The van der Waals surface area contributed by atoms with Crippen LogP contribution in [0.2, 0.25) is 5.02 Å². The van der Waals surface area contributed by atoms with E-state index in [1.807, 2.05) is 18.7 Å². The minimum Gasteiger partial charge on any atom is -0.347 e. The normalized spacial score (nSPS) is 19.8. The Morgan fingerprint density at radius 3 is 2.81 bits per heavy atom. The Morgan fingerprint density at radius 1 is 1.52 bits per heavy atom. The fourth-order valence-corrected chi connectivity index (χ4v) is 3.01. The van der Waals surface area contributed by atoms with Crippen molar-refractivity contribution in [3.8, 4) is 0 Å². The van der Waals surface area contributed by atoms with E-state index in [0.29, 0.717) is 13.1 Å². The average Bonchev–Trinajstić information content (AvgIpc) is 2.74. The number of piperazine rings is 1. The molecule has 6 nitrogen and oxygen atoms in total. The van der Waals surface area contributed by atoms with Crippen LogP contribution in [0.5, 0.6) is 0 Å². The maximum Gasteiger partial charge on any atom is 0.240 e. The molecule has 1 amide bonds. The van der Waals surface area contributed by atoms with Gasteiger partial charge in [-0.15, -0.1) is 0 Å². The zero-order valence-corrected chi connectivity index (χ0v) is 13.9. The van der Waals surface area contributed by atoms with Crippen molar-refractivity contribution in [3.63, 3.8) is 0 Å². The molecule has 0 aliphatic carbocycles. The van der Waals surface area contributed by atoms with Crippen LogP contribution in [-0.2, 0) is 24.8 Å². The predicted molar refractivity (Wildman–Crippen MR) is 83.4 cm³/mol. The van der Waals surface area contributed by atoms with Crippen LogP contribution in [0, 0.1) is 0 Å². The van der Waals surface area contributed by atoms with E-state index in [-0.39, 0.29) is 11.9 Å². The molecule has 1 aliphatic rings. The van der Waals surface area contributed by atoms with Gasteiger partial charge in [0, 0.05) is 47.3 Å². The standard InChI is InChI=1S/C14H24ClN5O/c1-5-10-13(15)12(19(4)17-10)9-20-7-6-16-8-11(20)14(21)18(2)3/h11,16H,5-9H2,1-4H3. The monoisotopic (exact) mass is 313 g/mol. The molecule has 118 valence electrons. The number of nitrogens with zero attached hydrogens (tertiary/aromatic N) is 4. The Bertz CT molecular complexity index is 514. The number of nitrogens with one attached hydrogen (secondary N) is 1. The van der Waals surface area contributed by atoms with Crippen molar-refractivity contribution in [2.45, 2.75) is 25.9 Å². The van der Waals surface area contributed by atoms with E-state index in [1.165, 1.54) is 0 Å². The van der Waals surface area contributed by atoms with Crippen molar-refractivity contribution in [1.29, 1.82) is 0 Å². The van der Waals surface area contributed by atoms with E-state index >= 15 is 0 Å². The summed E-state index contributed by atoms with van der Waals surface area (Å²) in [5.41, 5.74) is 1.90. The van der Waals surface area contributed by atoms with Crippen molar-refractivity contribution in [1.82, 2.24) is 24.9 Å². The first-order valence-electron chi connectivity index (χ1n) is 7.31. The number of hydrogen-bond donors (Lipinski definition) is 1. The summed E-state index contributed by atoms with van der Waals surface area (Å²) in [7, 11) is 5.49. The lowest BCUT2D eigenvalue weighted by Crippen LogP contribution is -2.57. The van der Waals surface area contributed by atoms with Gasteiger partial charge in [-0.2, -0.15) is 5.10 Å². The molecule has 1 atom stereocenters. The van der Waals surface area contributed by atoms with Gasteiger partial charge < -0.3 is 10.2 Å². The molecule has 2 heterocycles. The van der Waals surface area contributed by atoms with Crippen LogP contribution in [-0.4, -0.2) is 65.3 Å². The quantitative estimate of drug-likeness (QED) is 0.879. The molecule has 1 aliphatic heterocycles. The van der Waals surface area contributed by atoms with Gasteiger partial charge in [-0.1, -0.05) is 18.5 Å². The van der Waals surface area contributed by atoms with Crippen molar-refractivity contribution in [3.05, 3.63) is 16.4 Å². The van der Waals surface area contributed by atoms with Crippen molar-refractivity contribution >= 4 is 17.5 Å². The summed E-state index contributed by atoms with van der Waals surface area (Å²) in [5, 5.41) is 8.46. The van der Waals surface area contributed by atoms with Gasteiger partial charge in [0.25, 0.3) is 0 Å². The van der Waals surface area contributed by atoms with Gasteiger partial charge in [-0.3, -0.25) is 14.4 Å². The largest absolute Gasteiger partial charge is 0.347 e. The fraction of sp³-hybridized carbons (Fsp3) is 0.714. The predicted octanol–water partition coefficient (Wildman–Crippen LogP) is 0.498. The van der Waals surface area contributed by atoms with Gasteiger partial charge in [-0.05, 0) is 6.42 Å². The number of carbonyl (C=O) groups excluding carboxylic acids is 1. The van der Waals surface area contributed by atoms with Gasteiger partial charge in [0.2, 0.25) is 5.91 Å². The maximum atomic E-state index is 12.3. The molecule has 1 N–H and O–H groups in total. The van der Waals surface area contributed by atoms with Gasteiger partial charge in [0.05, 0.1) is 16.4 Å². The highest BCUT2D eigenvalue weighted by atomic mass is 35.5. The number of rotatable bonds is 4. The number of aryl methyl sites for hydroxylation is 2. The topological polar surface area (TPSA) is 53.4 Å². The number of amides is 1. The molecule has 0 aromatic carbocycles. The summed E-state index contributed by atoms with van der Waals surface area (Å²) in [6.07, 6.45) is 0.814. The lowest BCUT2D eigenvalue weighted by molar-refractivity contribution is -0.135. The molecule has 1 aromatic rings. The van der Waals surface area contributed by atoms with E-state index in [4.69, 9.17) is 11.6 Å².